The van der Waals surface area contributed by atoms with Crippen LogP contribution < -0.4 is 10.1 Å². The molecule has 1 aliphatic heterocycles. The van der Waals surface area contributed by atoms with Crippen LogP contribution in [0.3, 0.4) is 0 Å². The minimum Gasteiger partial charge on any atom is -0.497 e. The molecule has 0 aliphatic carbocycles. The summed E-state index contributed by atoms with van der Waals surface area (Å²) >= 11 is 6.00. The fourth-order valence-corrected chi connectivity index (χ4v) is 3.03. The van der Waals surface area contributed by atoms with Crippen molar-refractivity contribution in [2.75, 3.05) is 27.2 Å². The van der Waals surface area contributed by atoms with E-state index in [1.54, 1.807) is 23.1 Å². The van der Waals surface area contributed by atoms with Gasteiger partial charge in [-0.2, -0.15) is 0 Å². The summed E-state index contributed by atoms with van der Waals surface area (Å²) in [4.78, 5) is 25.8. The van der Waals surface area contributed by atoms with Crippen molar-refractivity contribution in [3.05, 3.63) is 28.8 Å². The number of aliphatic hydroxyl groups is 1. The van der Waals surface area contributed by atoms with Gasteiger partial charge in [-0.3, -0.25) is 9.59 Å². The fraction of sp³-hybridized carbons (Fsp3) is 0.500. The predicted molar refractivity (Wildman–Crippen MR) is 86.8 cm³/mol. The van der Waals surface area contributed by atoms with E-state index in [1.807, 2.05) is 0 Å². The summed E-state index contributed by atoms with van der Waals surface area (Å²) in [5.41, 5.74) is -0.796. The third-order valence-corrected chi connectivity index (χ3v) is 4.18. The number of hydrogen-bond acceptors (Lipinski definition) is 4. The Morgan fingerprint density at radius 1 is 1.43 bits per heavy atom. The first kappa shape index (κ1) is 17.6. The van der Waals surface area contributed by atoms with Gasteiger partial charge in [-0.25, -0.2) is 0 Å². The molecule has 7 heteroatoms. The number of likely N-dealkylation sites (tertiary alicyclic amines) is 1. The first-order valence-corrected chi connectivity index (χ1v) is 7.81. The van der Waals surface area contributed by atoms with Crippen LogP contribution in [0.15, 0.2) is 18.2 Å². The van der Waals surface area contributed by atoms with Crippen molar-refractivity contribution in [3.63, 3.8) is 0 Å². The zero-order valence-electron chi connectivity index (χ0n) is 13.3. The number of carbonyl (C=O) groups is 2. The molecule has 0 aromatic heterocycles. The molecule has 1 fully saturated rings. The second kappa shape index (κ2) is 7.19. The molecule has 0 bridgehead atoms. The second-order valence-corrected chi connectivity index (χ2v) is 6.22. The highest BCUT2D eigenvalue weighted by molar-refractivity contribution is 6.31. The summed E-state index contributed by atoms with van der Waals surface area (Å²) in [6, 6.07) is 4.80. The van der Waals surface area contributed by atoms with Crippen LogP contribution in [0.4, 0.5) is 0 Å². The summed E-state index contributed by atoms with van der Waals surface area (Å²) in [5, 5.41) is 13.5. The molecule has 1 atom stereocenters. The zero-order valence-corrected chi connectivity index (χ0v) is 14.0. The average molecular weight is 341 g/mol. The van der Waals surface area contributed by atoms with E-state index in [2.05, 4.69) is 5.32 Å². The summed E-state index contributed by atoms with van der Waals surface area (Å²) in [6.45, 7) is 0.651. The van der Waals surface area contributed by atoms with Crippen LogP contribution in [-0.2, 0) is 4.79 Å². The highest BCUT2D eigenvalue weighted by Gasteiger charge is 2.37. The molecule has 0 saturated carbocycles. The SMILES string of the molecule is CNC(=O)CC1(O)CCCN(C(=O)c2cc(Cl)cc(OC)c2)C1. The van der Waals surface area contributed by atoms with Crippen molar-refractivity contribution in [1.82, 2.24) is 10.2 Å². The number of piperidine rings is 1. The van der Waals surface area contributed by atoms with E-state index < -0.39 is 5.60 Å². The van der Waals surface area contributed by atoms with Crippen LogP contribution in [0.1, 0.15) is 29.6 Å². The van der Waals surface area contributed by atoms with Crippen molar-refractivity contribution >= 4 is 23.4 Å². The number of ether oxygens (including phenoxy) is 1. The molecule has 1 saturated heterocycles. The molecular weight excluding hydrogens is 320 g/mol. The van der Waals surface area contributed by atoms with Crippen LogP contribution in [-0.4, -0.2) is 54.7 Å². The van der Waals surface area contributed by atoms with Crippen molar-refractivity contribution < 1.29 is 19.4 Å². The Morgan fingerprint density at radius 2 is 2.17 bits per heavy atom. The summed E-state index contributed by atoms with van der Waals surface area (Å²) in [6.07, 6.45) is 1.10. The van der Waals surface area contributed by atoms with Gasteiger partial charge in [0.1, 0.15) is 5.75 Å². The molecular formula is C16H21ClN2O4. The molecule has 23 heavy (non-hydrogen) atoms. The Labute approximate surface area is 140 Å². The van der Waals surface area contributed by atoms with Gasteiger partial charge in [0.25, 0.3) is 5.91 Å². The molecule has 1 aromatic rings. The number of hydrogen-bond donors (Lipinski definition) is 2. The minimum atomic E-state index is -1.20. The summed E-state index contributed by atoms with van der Waals surface area (Å²) in [5.74, 6) is 0.0190. The third-order valence-electron chi connectivity index (χ3n) is 3.96. The maximum absolute atomic E-state index is 12.7. The lowest BCUT2D eigenvalue weighted by molar-refractivity contribution is -0.127. The predicted octanol–water partition coefficient (Wildman–Crippen LogP) is 1.45. The Hall–Kier alpha value is -1.79. The number of rotatable bonds is 4. The third kappa shape index (κ3) is 4.36. The Morgan fingerprint density at radius 3 is 2.83 bits per heavy atom. The summed E-state index contributed by atoms with van der Waals surface area (Å²) in [7, 11) is 3.03. The molecule has 1 unspecified atom stereocenters. The smallest absolute Gasteiger partial charge is 0.254 e. The lowest BCUT2D eigenvalue weighted by Gasteiger charge is -2.38. The van der Waals surface area contributed by atoms with Crippen LogP contribution in [0, 0.1) is 0 Å². The molecule has 1 aliphatic rings. The number of halogens is 1. The standard InChI is InChI=1S/C16H21ClN2O4/c1-18-14(20)9-16(22)4-3-5-19(10-16)15(21)11-6-12(17)8-13(7-11)23-2/h6-8,22H,3-5,9-10H2,1-2H3,(H,18,20). The molecule has 0 spiro atoms. The van der Waals surface area contributed by atoms with Crippen LogP contribution in [0.5, 0.6) is 5.75 Å². The molecule has 1 heterocycles. The minimum absolute atomic E-state index is 0.0217. The van der Waals surface area contributed by atoms with E-state index >= 15 is 0 Å². The van der Waals surface area contributed by atoms with Gasteiger partial charge in [-0.1, -0.05) is 11.6 Å². The second-order valence-electron chi connectivity index (χ2n) is 5.78. The zero-order chi connectivity index (χ0) is 17.0. The monoisotopic (exact) mass is 340 g/mol. The van der Waals surface area contributed by atoms with E-state index in [-0.39, 0.29) is 24.8 Å². The number of benzene rings is 1. The molecule has 1 aromatic carbocycles. The van der Waals surface area contributed by atoms with Crippen molar-refractivity contribution in [3.8, 4) is 5.75 Å². The van der Waals surface area contributed by atoms with Gasteiger partial charge in [0.2, 0.25) is 5.91 Å². The van der Waals surface area contributed by atoms with E-state index in [0.29, 0.717) is 35.7 Å². The molecule has 0 radical (unpaired) electrons. The number of carbonyl (C=O) groups excluding carboxylic acids is 2. The quantitative estimate of drug-likeness (QED) is 0.869. The van der Waals surface area contributed by atoms with Crippen molar-refractivity contribution in [1.29, 1.82) is 0 Å². The van der Waals surface area contributed by atoms with Gasteiger partial charge in [-0.05, 0) is 31.0 Å². The van der Waals surface area contributed by atoms with Crippen molar-refractivity contribution in [2.24, 2.45) is 0 Å². The van der Waals surface area contributed by atoms with Crippen molar-refractivity contribution in [2.45, 2.75) is 24.9 Å². The topological polar surface area (TPSA) is 78.9 Å². The highest BCUT2D eigenvalue weighted by Crippen LogP contribution is 2.27. The molecule has 6 nitrogen and oxygen atoms in total. The van der Waals surface area contributed by atoms with E-state index in [1.165, 1.54) is 14.2 Å². The van der Waals surface area contributed by atoms with Crippen LogP contribution >= 0.6 is 11.6 Å². The van der Waals surface area contributed by atoms with Gasteiger partial charge in [0.05, 0.1) is 25.7 Å². The first-order valence-electron chi connectivity index (χ1n) is 7.44. The van der Waals surface area contributed by atoms with Gasteiger partial charge in [0, 0.05) is 24.2 Å². The fourth-order valence-electron chi connectivity index (χ4n) is 2.80. The number of amides is 2. The first-order chi connectivity index (χ1) is 10.9. The largest absolute Gasteiger partial charge is 0.497 e. The number of nitrogens with zero attached hydrogens (tertiary/aromatic N) is 1. The number of β-amino-alcohol motifs (C(OH)–C–C–N with tert-alkyl or cyclic N) is 1. The maximum Gasteiger partial charge on any atom is 0.254 e. The van der Waals surface area contributed by atoms with E-state index in [0.717, 1.165) is 0 Å². The molecule has 2 N–H and O–H groups in total. The lowest BCUT2D eigenvalue weighted by atomic mass is 9.89. The Bertz CT molecular complexity index is 608. The Balaban J connectivity index is 2.16. The van der Waals surface area contributed by atoms with Gasteiger partial charge < -0.3 is 20.1 Å². The van der Waals surface area contributed by atoms with E-state index in [9.17, 15) is 14.7 Å². The normalized spacial score (nSPS) is 21.0. The van der Waals surface area contributed by atoms with Gasteiger partial charge >= 0.3 is 0 Å². The van der Waals surface area contributed by atoms with Gasteiger partial charge in [0.15, 0.2) is 0 Å². The number of methoxy groups -OCH3 is 1. The molecule has 126 valence electrons. The van der Waals surface area contributed by atoms with Crippen LogP contribution in [0.2, 0.25) is 5.02 Å². The average Bonchev–Trinajstić information content (AvgIpc) is 2.52. The summed E-state index contributed by atoms with van der Waals surface area (Å²) < 4.78 is 5.12. The Kier molecular flexibility index (Phi) is 5.49. The highest BCUT2D eigenvalue weighted by atomic mass is 35.5. The lowest BCUT2D eigenvalue weighted by Crippen LogP contribution is -2.52. The van der Waals surface area contributed by atoms with Crippen LogP contribution in [0.25, 0.3) is 0 Å². The maximum atomic E-state index is 12.7. The number of nitrogens with one attached hydrogen (secondary N) is 1. The molecule has 2 amide bonds. The molecule has 2 rings (SSSR count). The van der Waals surface area contributed by atoms with E-state index in [4.69, 9.17) is 16.3 Å². The van der Waals surface area contributed by atoms with Gasteiger partial charge in [-0.15, -0.1) is 0 Å².